The standard InChI is InChI=1S/C16H25N3OS/c1-4-6-7-13-8-10-14(11-9-13)19-16(21)18-12(3)15(20)17-5-2/h8-12H,4-7H2,1-3H3,(H,17,20)(H2,18,19,21)/t12-/m0/s1. The Bertz CT molecular complexity index is 459. The van der Waals surface area contributed by atoms with Crippen molar-refractivity contribution in [3.8, 4) is 0 Å². The van der Waals surface area contributed by atoms with Crippen LogP contribution in [0.1, 0.15) is 39.2 Å². The first-order valence-electron chi connectivity index (χ1n) is 7.51. The van der Waals surface area contributed by atoms with Gasteiger partial charge in [0.25, 0.3) is 0 Å². The molecule has 4 nitrogen and oxygen atoms in total. The normalized spacial score (nSPS) is 11.6. The minimum atomic E-state index is -0.353. The maximum Gasteiger partial charge on any atom is 0.242 e. The molecular weight excluding hydrogens is 282 g/mol. The fourth-order valence-corrected chi connectivity index (χ4v) is 2.19. The maximum atomic E-state index is 11.6. The Morgan fingerprint density at radius 3 is 2.48 bits per heavy atom. The van der Waals surface area contributed by atoms with Crippen LogP contribution < -0.4 is 16.0 Å². The number of amides is 1. The van der Waals surface area contributed by atoms with Crippen molar-refractivity contribution >= 4 is 28.9 Å². The molecule has 0 bridgehead atoms. The molecule has 0 aliphatic heterocycles. The van der Waals surface area contributed by atoms with Crippen LogP contribution in [0.4, 0.5) is 5.69 Å². The van der Waals surface area contributed by atoms with Crippen molar-refractivity contribution < 1.29 is 4.79 Å². The summed E-state index contributed by atoms with van der Waals surface area (Å²) in [6, 6.07) is 7.88. The first kappa shape index (κ1) is 17.4. The first-order valence-corrected chi connectivity index (χ1v) is 7.91. The zero-order chi connectivity index (χ0) is 15.7. The second kappa shape index (κ2) is 9.34. The van der Waals surface area contributed by atoms with Gasteiger partial charge in [-0.2, -0.15) is 0 Å². The van der Waals surface area contributed by atoms with Crippen molar-refractivity contribution in [3.63, 3.8) is 0 Å². The summed E-state index contributed by atoms with van der Waals surface area (Å²) in [6.07, 6.45) is 3.51. The molecular formula is C16H25N3OS. The summed E-state index contributed by atoms with van der Waals surface area (Å²) in [6.45, 7) is 6.48. The molecule has 1 aromatic carbocycles. The van der Waals surface area contributed by atoms with E-state index in [-0.39, 0.29) is 11.9 Å². The number of unbranched alkanes of at least 4 members (excludes halogenated alkanes) is 1. The number of hydrogen-bond donors (Lipinski definition) is 3. The lowest BCUT2D eigenvalue weighted by Gasteiger charge is -2.16. The highest BCUT2D eigenvalue weighted by Gasteiger charge is 2.12. The summed E-state index contributed by atoms with van der Waals surface area (Å²) in [5.74, 6) is -0.0587. The zero-order valence-electron chi connectivity index (χ0n) is 13.0. The van der Waals surface area contributed by atoms with Gasteiger partial charge in [0.15, 0.2) is 5.11 Å². The van der Waals surface area contributed by atoms with Gasteiger partial charge in [-0.05, 0) is 56.6 Å². The smallest absolute Gasteiger partial charge is 0.242 e. The van der Waals surface area contributed by atoms with Gasteiger partial charge < -0.3 is 16.0 Å². The van der Waals surface area contributed by atoms with Gasteiger partial charge in [-0.3, -0.25) is 4.79 Å². The summed E-state index contributed by atoms with van der Waals surface area (Å²) < 4.78 is 0. The molecule has 0 radical (unpaired) electrons. The number of rotatable bonds is 7. The molecule has 0 aliphatic carbocycles. The Morgan fingerprint density at radius 1 is 1.24 bits per heavy atom. The van der Waals surface area contributed by atoms with Crippen molar-refractivity contribution in [1.82, 2.24) is 10.6 Å². The summed E-state index contributed by atoms with van der Waals surface area (Å²) in [5, 5.41) is 9.27. The highest BCUT2D eigenvalue weighted by atomic mass is 32.1. The number of carbonyl (C=O) groups excluding carboxylic acids is 1. The average molecular weight is 307 g/mol. The van der Waals surface area contributed by atoms with Gasteiger partial charge in [-0.25, -0.2) is 0 Å². The number of likely N-dealkylation sites (N-methyl/N-ethyl adjacent to an activating group) is 1. The number of thiocarbonyl (C=S) groups is 1. The molecule has 5 heteroatoms. The number of aryl methyl sites for hydroxylation is 1. The van der Waals surface area contributed by atoms with Crippen LogP contribution in [0, 0.1) is 0 Å². The lowest BCUT2D eigenvalue weighted by Crippen LogP contribution is -2.46. The van der Waals surface area contributed by atoms with E-state index in [2.05, 4.69) is 35.0 Å². The number of benzene rings is 1. The van der Waals surface area contributed by atoms with Gasteiger partial charge in [0, 0.05) is 12.2 Å². The third kappa shape index (κ3) is 6.58. The molecule has 3 N–H and O–H groups in total. The molecule has 0 unspecified atom stereocenters. The molecule has 1 amide bonds. The van der Waals surface area contributed by atoms with Gasteiger partial charge in [-0.15, -0.1) is 0 Å². The van der Waals surface area contributed by atoms with E-state index in [0.717, 1.165) is 12.1 Å². The third-order valence-corrected chi connectivity index (χ3v) is 3.34. The Labute approximate surface area is 132 Å². The SMILES string of the molecule is CCCCc1ccc(NC(=S)N[C@@H](C)C(=O)NCC)cc1. The minimum Gasteiger partial charge on any atom is -0.355 e. The Kier molecular flexibility index (Phi) is 7.75. The fourth-order valence-electron chi connectivity index (χ4n) is 1.89. The number of hydrogen-bond acceptors (Lipinski definition) is 2. The van der Waals surface area contributed by atoms with Gasteiger partial charge in [0.1, 0.15) is 6.04 Å². The lowest BCUT2D eigenvalue weighted by atomic mass is 10.1. The molecule has 116 valence electrons. The fraction of sp³-hybridized carbons (Fsp3) is 0.500. The van der Waals surface area contributed by atoms with Crippen LogP contribution in [0.2, 0.25) is 0 Å². The summed E-state index contributed by atoms with van der Waals surface area (Å²) in [7, 11) is 0. The Morgan fingerprint density at radius 2 is 1.90 bits per heavy atom. The van der Waals surface area contributed by atoms with Crippen molar-refractivity contribution in [1.29, 1.82) is 0 Å². The monoisotopic (exact) mass is 307 g/mol. The van der Waals surface area contributed by atoms with Crippen LogP contribution >= 0.6 is 12.2 Å². The maximum absolute atomic E-state index is 11.6. The third-order valence-electron chi connectivity index (χ3n) is 3.12. The quantitative estimate of drug-likeness (QED) is 0.678. The number of anilines is 1. The van der Waals surface area contributed by atoms with Gasteiger partial charge >= 0.3 is 0 Å². The molecule has 21 heavy (non-hydrogen) atoms. The second-order valence-corrected chi connectivity index (χ2v) is 5.42. The lowest BCUT2D eigenvalue weighted by molar-refractivity contribution is -0.122. The van der Waals surface area contributed by atoms with Crippen LogP contribution in [-0.2, 0) is 11.2 Å². The van der Waals surface area contributed by atoms with E-state index in [1.165, 1.54) is 18.4 Å². The van der Waals surface area contributed by atoms with Crippen LogP contribution in [0.3, 0.4) is 0 Å². The Balaban J connectivity index is 2.45. The van der Waals surface area contributed by atoms with Gasteiger partial charge in [-0.1, -0.05) is 25.5 Å². The van der Waals surface area contributed by atoms with Crippen molar-refractivity contribution in [2.45, 2.75) is 46.1 Å². The van der Waals surface area contributed by atoms with Crippen molar-refractivity contribution in [3.05, 3.63) is 29.8 Å². The van der Waals surface area contributed by atoms with E-state index in [9.17, 15) is 4.79 Å². The summed E-state index contributed by atoms with van der Waals surface area (Å²) in [4.78, 5) is 11.6. The Hall–Kier alpha value is -1.62. The number of nitrogens with one attached hydrogen (secondary N) is 3. The van der Waals surface area contributed by atoms with E-state index in [4.69, 9.17) is 12.2 Å². The molecule has 0 spiro atoms. The van der Waals surface area contributed by atoms with E-state index in [1.807, 2.05) is 19.1 Å². The van der Waals surface area contributed by atoms with Crippen LogP contribution in [0.25, 0.3) is 0 Å². The molecule has 1 atom stereocenters. The van der Waals surface area contributed by atoms with Gasteiger partial charge in [0.05, 0.1) is 0 Å². The second-order valence-electron chi connectivity index (χ2n) is 5.02. The highest BCUT2D eigenvalue weighted by Crippen LogP contribution is 2.11. The topological polar surface area (TPSA) is 53.2 Å². The first-order chi connectivity index (χ1) is 10.1. The van der Waals surface area contributed by atoms with Crippen molar-refractivity contribution in [2.75, 3.05) is 11.9 Å². The van der Waals surface area contributed by atoms with E-state index < -0.39 is 0 Å². The molecule has 0 heterocycles. The zero-order valence-corrected chi connectivity index (χ0v) is 13.8. The predicted molar refractivity (Wildman–Crippen MR) is 92.6 cm³/mol. The van der Waals surface area contributed by atoms with Crippen LogP contribution in [-0.4, -0.2) is 23.6 Å². The van der Waals surface area contributed by atoms with Gasteiger partial charge in [0.2, 0.25) is 5.91 Å². The average Bonchev–Trinajstić information content (AvgIpc) is 2.46. The van der Waals surface area contributed by atoms with Crippen molar-refractivity contribution in [2.24, 2.45) is 0 Å². The predicted octanol–water partition coefficient (Wildman–Crippen LogP) is 2.84. The molecule has 0 saturated carbocycles. The summed E-state index contributed by atoms with van der Waals surface area (Å²) in [5.41, 5.74) is 2.26. The van der Waals surface area contributed by atoms with E-state index in [0.29, 0.717) is 11.7 Å². The molecule has 0 aromatic heterocycles. The van der Waals surface area contributed by atoms with Crippen LogP contribution in [0.15, 0.2) is 24.3 Å². The molecule has 0 saturated heterocycles. The number of carbonyl (C=O) groups is 1. The molecule has 0 aliphatic rings. The summed E-state index contributed by atoms with van der Waals surface area (Å²) >= 11 is 5.22. The molecule has 1 aromatic rings. The largest absolute Gasteiger partial charge is 0.355 e. The molecule has 1 rings (SSSR count). The van der Waals surface area contributed by atoms with E-state index in [1.54, 1.807) is 6.92 Å². The van der Waals surface area contributed by atoms with E-state index >= 15 is 0 Å². The van der Waals surface area contributed by atoms with Crippen LogP contribution in [0.5, 0.6) is 0 Å². The molecule has 0 fully saturated rings. The highest BCUT2D eigenvalue weighted by molar-refractivity contribution is 7.80. The minimum absolute atomic E-state index is 0.0587.